The van der Waals surface area contributed by atoms with Gasteiger partial charge in [0.15, 0.2) is 0 Å². The van der Waals surface area contributed by atoms with Gasteiger partial charge in [-0.2, -0.15) is 0 Å². The molecule has 0 aromatic carbocycles. The van der Waals surface area contributed by atoms with E-state index in [9.17, 15) is 0 Å². The maximum atomic E-state index is 8.42. The fourth-order valence-corrected chi connectivity index (χ4v) is 0. The predicted molar refractivity (Wildman–Crippen MR) is 44.7 cm³/mol. The summed E-state index contributed by atoms with van der Waals surface area (Å²) < 4.78 is 0. The van der Waals surface area contributed by atoms with Gasteiger partial charge in [-0.1, -0.05) is 0 Å². The van der Waals surface area contributed by atoms with Crippen LogP contribution >= 0.6 is 0 Å². The van der Waals surface area contributed by atoms with E-state index in [-0.39, 0.29) is 388 Å². The minimum absolute atomic E-state index is 0. The Morgan fingerprint density at radius 1 is 0.176 bits per heavy atom. The van der Waals surface area contributed by atoms with Crippen LogP contribution in [0.5, 0.6) is 0 Å². The van der Waals surface area contributed by atoms with E-state index in [0.29, 0.717) is 0 Å². The van der Waals surface area contributed by atoms with Gasteiger partial charge in [0.2, 0.25) is 0 Å². The molecule has 0 atom stereocenters. The molecule has 18 nitrogen and oxygen atoms in total. The summed E-state index contributed by atoms with van der Waals surface area (Å²) in [6.45, 7) is 0. The maximum Gasteiger partial charge on any atom is 1.00 e. The van der Waals surface area contributed by atoms with Crippen molar-refractivity contribution < 1.29 is 448 Å². The average molecular weight is 619 g/mol. The summed E-state index contributed by atoms with van der Waals surface area (Å²) in [7, 11) is -11.7. The summed E-state index contributed by atoms with van der Waals surface area (Å²) in [5.41, 5.74) is 0. The minimum atomic E-state index is -2.92. The zero-order valence-corrected chi connectivity index (χ0v) is 46.2. The van der Waals surface area contributed by atoms with Crippen LogP contribution in [0.15, 0.2) is 0 Å². The van der Waals surface area contributed by atoms with E-state index in [2.05, 4.69) is 0 Å². The van der Waals surface area contributed by atoms with E-state index < -0.39 is 29.3 Å². The first-order valence-electron chi connectivity index (χ1n) is 2.83. The first kappa shape index (κ1) is 163. The third-order valence-electron chi connectivity index (χ3n) is 0. The Kier molecular flexibility index (Phi) is 731. The molecule has 0 aliphatic carbocycles. The molecule has 0 aromatic rings. The fourth-order valence-electron chi connectivity index (χ4n) is 0. The largest absolute Gasteiger partial charge is 1.00 e. The second-order valence-electron chi connectivity index (χ2n) is 1.15. The predicted octanol–water partition coefficient (Wildman–Crippen LogP) is -56.7. The van der Waals surface area contributed by atoms with Gasteiger partial charge in [0.05, 0.1) is 0 Å². The van der Waals surface area contributed by atoms with Gasteiger partial charge < -0.3 is 93.1 Å². The molecular formula is H12B4Na12O18. The molecule has 0 aliphatic heterocycles. The Morgan fingerprint density at radius 3 is 0.176 bits per heavy atom. The molecule has 0 aromatic heterocycles. The van der Waals surface area contributed by atoms with Gasteiger partial charge in [0.25, 0.3) is 0 Å². The molecule has 0 bridgehead atoms. The molecule has 0 radical (unpaired) electrons. The van der Waals surface area contributed by atoms with Crippen LogP contribution in [0.25, 0.3) is 0 Å². The van der Waals surface area contributed by atoms with Crippen molar-refractivity contribution in [1.82, 2.24) is 0 Å². The molecular weight excluding hydrogens is 607 g/mol. The summed E-state index contributed by atoms with van der Waals surface area (Å²) in [6, 6.07) is 0. The van der Waals surface area contributed by atoms with E-state index in [1.165, 1.54) is 0 Å². The van der Waals surface area contributed by atoms with Crippen LogP contribution < -0.4 is 415 Å². The van der Waals surface area contributed by atoms with Gasteiger partial charge in [0, 0.05) is 0 Å². The van der Waals surface area contributed by atoms with Crippen molar-refractivity contribution in [3.8, 4) is 0 Å². The van der Waals surface area contributed by atoms with Crippen molar-refractivity contribution in [2.24, 2.45) is 0 Å². The second kappa shape index (κ2) is 152. The van der Waals surface area contributed by atoms with Crippen molar-refractivity contribution >= 4 is 29.3 Å². The summed E-state index contributed by atoms with van der Waals surface area (Å²) in [5, 5.41) is 101. The van der Waals surface area contributed by atoms with Crippen LogP contribution in [0.3, 0.4) is 0 Å². The van der Waals surface area contributed by atoms with Gasteiger partial charge in [0.1, 0.15) is 0 Å². The molecule has 0 rings (SSSR count). The molecule has 0 spiro atoms. The fraction of sp³-hybridized carbons (Fsp3) is 0. The third-order valence-corrected chi connectivity index (χ3v) is 0. The summed E-state index contributed by atoms with van der Waals surface area (Å²) in [6.07, 6.45) is 0. The molecule has 0 amide bonds. The average Bonchev–Trinajstić information content (AvgIpc) is 1.76. The van der Waals surface area contributed by atoms with Crippen LogP contribution in [0.4, 0.5) is 0 Å². The Balaban J connectivity index is -0.00000000240. The van der Waals surface area contributed by atoms with Crippen molar-refractivity contribution in [2.75, 3.05) is 0 Å². The molecule has 0 fully saturated rings. The number of rotatable bonds is 0. The Hall–Kier alpha value is 11.5. The van der Waals surface area contributed by atoms with Gasteiger partial charge in [-0.15, -0.1) is 0 Å². The normalized spacial score (nSPS) is 3.18. The molecule has 0 unspecified atom stereocenters. The monoisotopic (exact) mass is 620 g/mol. The standard InChI is InChI=1S/4BO3.12Na.6H2O/c4*2-1(3)4;;;;;;;;;;;;;;;;;;/h;;;;;;;;;;;;;;;;6*1H2/q4*-3;12*+1;;;;;;. The van der Waals surface area contributed by atoms with Crippen LogP contribution in [-0.4, -0.2) is 62.1 Å². The van der Waals surface area contributed by atoms with E-state index in [0.717, 1.165) is 0 Å². The van der Waals surface area contributed by atoms with Gasteiger partial charge in [-0.25, -0.2) is 0 Å². The number of hydrogen-bond acceptors (Lipinski definition) is 12. The van der Waals surface area contributed by atoms with Crippen molar-refractivity contribution in [3.05, 3.63) is 0 Å². The quantitative estimate of drug-likeness (QED) is 0.228. The van der Waals surface area contributed by atoms with Crippen LogP contribution in [-0.2, 0) is 0 Å². The number of hydrogen-bond donors (Lipinski definition) is 0. The zero-order chi connectivity index (χ0) is 14.3. The first-order chi connectivity index (χ1) is 6.93. The van der Waals surface area contributed by atoms with Crippen LogP contribution in [0.1, 0.15) is 0 Å². The zero-order valence-electron chi connectivity index (χ0n) is 22.2. The summed E-state index contributed by atoms with van der Waals surface area (Å²) in [5.74, 6) is 0. The second-order valence-corrected chi connectivity index (χ2v) is 1.15. The summed E-state index contributed by atoms with van der Waals surface area (Å²) in [4.78, 5) is 0. The van der Waals surface area contributed by atoms with Gasteiger partial charge in [-0.3, -0.25) is 29.3 Å². The summed E-state index contributed by atoms with van der Waals surface area (Å²) >= 11 is 0. The Morgan fingerprint density at radius 2 is 0.176 bits per heavy atom. The molecule has 0 saturated heterocycles. The molecule has 12 N–H and O–H groups in total. The van der Waals surface area contributed by atoms with E-state index in [4.69, 9.17) is 60.3 Å². The molecule has 0 saturated carbocycles. The van der Waals surface area contributed by atoms with E-state index >= 15 is 0 Å². The van der Waals surface area contributed by atoms with Gasteiger partial charge in [-0.05, 0) is 0 Å². The van der Waals surface area contributed by atoms with E-state index in [1.807, 2.05) is 0 Å². The topological polar surface area (TPSA) is 466 Å². The van der Waals surface area contributed by atoms with Crippen molar-refractivity contribution in [2.45, 2.75) is 0 Å². The van der Waals surface area contributed by atoms with Crippen LogP contribution in [0, 0.1) is 0 Å². The molecule has 34 heteroatoms. The third kappa shape index (κ3) is 592. The maximum absolute atomic E-state index is 8.42. The molecule has 144 valence electrons. The Bertz CT molecular complexity index is 89.9. The van der Waals surface area contributed by atoms with Crippen molar-refractivity contribution in [3.63, 3.8) is 0 Å². The van der Waals surface area contributed by atoms with E-state index in [1.54, 1.807) is 0 Å². The smallest absolute Gasteiger partial charge is 0.907 e. The van der Waals surface area contributed by atoms with Gasteiger partial charge >= 0.3 is 355 Å². The Labute approximate surface area is 464 Å². The molecule has 0 aliphatic rings. The first-order valence-corrected chi connectivity index (χ1v) is 2.83. The SMILES string of the molecule is O.O.O.O.O.O.[Na+].[Na+].[Na+].[Na+].[Na+].[Na+].[Na+].[Na+].[Na+].[Na+].[Na+].[Na+].[O-]B([O-])[O-].[O-]B([O-])[O-].[O-]B([O-])[O-].[O-]B([O-])[O-]. The molecule has 0 heterocycles. The van der Waals surface area contributed by atoms with Crippen LogP contribution in [0.2, 0.25) is 0 Å². The molecule has 34 heavy (non-hydrogen) atoms. The van der Waals surface area contributed by atoms with Crippen molar-refractivity contribution in [1.29, 1.82) is 0 Å². The minimum Gasteiger partial charge on any atom is -0.907 e.